The standard InChI is InChI=1S/C26H29NO7S/c1-6-12-32-25(29)21-17(5)22(26(30)31-7-2)35-24(21)27-23(28)19-11-10-18(34-19)14-33-20-13-15(3)8-9-16(20)4/h8-11,13H,6-7,12,14H2,1-5H3,(H,27,28). The van der Waals surface area contributed by atoms with Gasteiger partial charge in [-0.2, -0.15) is 0 Å². The summed E-state index contributed by atoms with van der Waals surface area (Å²) in [5, 5.41) is 2.88. The van der Waals surface area contributed by atoms with Crippen molar-refractivity contribution < 1.29 is 33.0 Å². The maximum Gasteiger partial charge on any atom is 0.348 e. The molecule has 0 radical (unpaired) electrons. The molecule has 1 amide bonds. The number of carbonyl (C=O) groups is 3. The highest BCUT2D eigenvalue weighted by atomic mass is 32.1. The third kappa shape index (κ3) is 6.30. The molecule has 3 aromatic rings. The minimum absolute atomic E-state index is 0.0428. The van der Waals surface area contributed by atoms with Crippen molar-refractivity contribution in [2.75, 3.05) is 18.5 Å². The Kier molecular flexibility index (Phi) is 8.70. The van der Waals surface area contributed by atoms with E-state index in [2.05, 4.69) is 5.32 Å². The number of anilines is 1. The molecule has 0 fully saturated rings. The van der Waals surface area contributed by atoms with Crippen LogP contribution < -0.4 is 10.1 Å². The lowest BCUT2D eigenvalue weighted by molar-refractivity contribution is 0.0506. The summed E-state index contributed by atoms with van der Waals surface area (Å²) in [5.41, 5.74) is 2.59. The molecule has 0 saturated carbocycles. The van der Waals surface area contributed by atoms with E-state index in [0.717, 1.165) is 28.2 Å². The topological polar surface area (TPSA) is 104 Å². The van der Waals surface area contributed by atoms with Crippen LogP contribution in [0.2, 0.25) is 0 Å². The van der Waals surface area contributed by atoms with Gasteiger partial charge in [0.25, 0.3) is 5.91 Å². The summed E-state index contributed by atoms with van der Waals surface area (Å²) >= 11 is 0.963. The second-order valence-corrected chi connectivity index (χ2v) is 8.92. The van der Waals surface area contributed by atoms with Gasteiger partial charge in [-0.05, 0) is 69.0 Å². The maximum absolute atomic E-state index is 12.9. The van der Waals surface area contributed by atoms with Crippen molar-refractivity contribution in [1.29, 1.82) is 0 Å². The van der Waals surface area contributed by atoms with Crippen molar-refractivity contribution in [2.24, 2.45) is 0 Å². The van der Waals surface area contributed by atoms with Crippen LogP contribution in [0.5, 0.6) is 5.75 Å². The van der Waals surface area contributed by atoms with Gasteiger partial charge in [0.05, 0.1) is 18.8 Å². The lowest BCUT2D eigenvalue weighted by atomic mass is 10.1. The van der Waals surface area contributed by atoms with E-state index in [4.69, 9.17) is 18.6 Å². The summed E-state index contributed by atoms with van der Waals surface area (Å²) in [5.74, 6) is -0.501. The molecule has 0 saturated heterocycles. The average Bonchev–Trinajstić information content (AvgIpc) is 3.43. The van der Waals surface area contributed by atoms with Gasteiger partial charge in [0.2, 0.25) is 0 Å². The first-order valence-corrected chi connectivity index (χ1v) is 12.1. The highest BCUT2D eigenvalue weighted by Crippen LogP contribution is 2.35. The van der Waals surface area contributed by atoms with Crippen molar-refractivity contribution in [3.8, 4) is 5.75 Å². The molecule has 0 aliphatic rings. The zero-order valence-corrected chi connectivity index (χ0v) is 21.3. The lowest BCUT2D eigenvalue weighted by Gasteiger charge is -2.08. The van der Waals surface area contributed by atoms with Gasteiger partial charge in [0, 0.05) is 0 Å². The predicted molar refractivity (Wildman–Crippen MR) is 132 cm³/mol. The molecule has 1 N–H and O–H groups in total. The van der Waals surface area contributed by atoms with E-state index in [-0.39, 0.29) is 41.0 Å². The largest absolute Gasteiger partial charge is 0.485 e. The van der Waals surface area contributed by atoms with Crippen LogP contribution >= 0.6 is 11.3 Å². The smallest absolute Gasteiger partial charge is 0.348 e. The molecule has 3 rings (SSSR count). The first-order chi connectivity index (χ1) is 16.7. The van der Waals surface area contributed by atoms with Crippen molar-refractivity contribution in [3.63, 3.8) is 0 Å². The molecule has 2 heterocycles. The van der Waals surface area contributed by atoms with Crippen LogP contribution in [0.1, 0.15) is 73.3 Å². The van der Waals surface area contributed by atoms with Crippen LogP contribution in [0.3, 0.4) is 0 Å². The van der Waals surface area contributed by atoms with Crippen LogP contribution in [0.4, 0.5) is 5.00 Å². The number of hydrogen-bond donors (Lipinski definition) is 1. The Hall–Kier alpha value is -3.59. The van der Waals surface area contributed by atoms with Gasteiger partial charge in [-0.15, -0.1) is 11.3 Å². The van der Waals surface area contributed by atoms with E-state index in [9.17, 15) is 14.4 Å². The quantitative estimate of drug-likeness (QED) is 0.349. The van der Waals surface area contributed by atoms with E-state index < -0.39 is 17.8 Å². The lowest BCUT2D eigenvalue weighted by Crippen LogP contribution is -2.14. The van der Waals surface area contributed by atoms with E-state index in [0.29, 0.717) is 17.7 Å². The Morgan fingerprint density at radius 3 is 2.49 bits per heavy atom. The maximum atomic E-state index is 12.9. The molecule has 0 atom stereocenters. The fraction of sp³-hybridized carbons (Fsp3) is 0.346. The van der Waals surface area contributed by atoms with Gasteiger partial charge in [0.1, 0.15) is 28.0 Å². The zero-order chi connectivity index (χ0) is 25.5. The van der Waals surface area contributed by atoms with Gasteiger partial charge < -0.3 is 23.9 Å². The van der Waals surface area contributed by atoms with Gasteiger partial charge in [-0.3, -0.25) is 4.79 Å². The van der Waals surface area contributed by atoms with Gasteiger partial charge in [-0.25, -0.2) is 9.59 Å². The van der Waals surface area contributed by atoms with Crippen LogP contribution in [0.25, 0.3) is 0 Å². The van der Waals surface area contributed by atoms with Crippen molar-refractivity contribution >= 4 is 34.2 Å². The second-order valence-electron chi connectivity index (χ2n) is 7.89. The summed E-state index contributed by atoms with van der Waals surface area (Å²) in [4.78, 5) is 38.2. The molecule has 0 aliphatic carbocycles. The molecule has 0 unspecified atom stereocenters. The number of amides is 1. The monoisotopic (exact) mass is 499 g/mol. The average molecular weight is 500 g/mol. The van der Waals surface area contributed by atoms with Crippen LogP contribution in [-0.2, 0) is 16.1 Å². The Balaban J connectivity index is 1.78. The molecule has 186 valence electrons. The number of nitrogens with one attached hydrogen (secondary N) is 1. The van der Waals surface area contributed by atoms with E-state index in [1.165, 1.54) is 6.07 Å². The first-order valence-electron chi connectivity index (χ1n) is 11.3. The molecular formula is C26H29NO7S. The third-order valence-electron chi connectivity index (χ3n) is 5.08. The number of hydrogen-bond acceptors (Lipinski definition) is 8. The number of carbonyl (C=O) groups excluding carboxylic acids is 3. The van der Waals surface area contributed by atoms with Crippen molar-refractivity contribution in [1.82, 2.24) is 0 Å². The van der Waals surface area contributed by atoms with Crippen LogP contribution in [0.15, 0.2) is 34.7 Å². The second kappa shape index (κ2) is 11.7. The van der Waals surface area contributed by atoms with Crippen LogP contribution in [0, 0.1) is 20.8 Å². The Morgan fingerprint density at radius 1 is 1.00 bits per heavy atom. The summed E-state index contributed by atoms with van der Waals surface area (Å²) in [6.45, 7) is 9.68. The summed E-state index contributed by atoms with van der Waals surface area (Å²) in [7, 11) is 0. The van der Waals surface area contributed by atoms with Crippen molar-refractivity contribution in [2.45, 2.75) is 47.6 Å². The number of aryl methyl sites for hydroxylation is 2. The Labute approximate surface area is 208 Å². The SMILES string of the molecule is CCCOC(=O)c1c(NC(=O)c2ccc(COc3cc(C)ccc3C)o2)sc(C(=O)OCC)c1C. The fourth-order valence-electron chi connectivity index (χ4n) is 3.26. The van der Waals surface area contributed by atoms with Crippen molar-refractivity contribution in [3.05, 3.63) is 69.0 Å². The summed E-state index contributed by atoms with van der Waals surface area (Å²) in [6.07, 6.45) is 0.640. The molecular weight excluding hydrogens is 470 g/mol. The summed E-state index contributed by atoms with van der Waals surface area (Å²) < 4.78 is 21.8. The fourth-order valence-corrected chi connectivity index (χ4v) is 4.34. The number of rotatable bonds is 10. The minimum atomic E-state index is -0.617. The minimum Gasteiger partial charge on any atom is -0.485 e. The molecule has 2 aromatic heterocycles. The summed E-state index contributed by atoms with van der Waals surface area (Å²) in [6, 6.07) is 9.09. The molecule has 9 heteroatoms. The number of thiophene rings is 1. The van der Waals surface area contributed by atoms with Gasteiger partial charge in [-0.1, -0.05) is 19.1 Å². The van der Waals surface area contributed by atoms with Gasteiger partial charge >= 0.3 is 11.9 Å². The third-order valence-corrected chi connectivity index (χ3v) is 6.26. The first kappa shape index (κ1) is 26.0. The van der Waals surface area contributed by atoms with Crippen LogP contribution in [-0.4, -0.2) is 31.1 Å². The van der Waals surface area contributed by atoms with E-state index in [1.54, 1.807) is 19.9 Å². The zero-order valence-electron chi connectivity index (χ0n) is 20.5. The highest BCUT2D eigenvalue weighted by molar-refractivity contribution is 7.18. The Morgan fingerprint density at radius 2 is 1.77 bits per heavy atom. The molecule has 8 nitrogen and oxygen atoms in total. The molecule has 0 bridgehead atoms. The van der Waals surface area contributed by atoms with E-state index in [1.807, 2.05) is 39.0 Å². The number of furan rings is 1. The molecule has 0 spiro atoms. The Bertz CT molecular complexity index is 1220. The highest BCUT2D eigenvalue weighted by Gasteiger charge is 2.28. The molecule has 35 heavy (non-hydrogen) atoms. The molecule has 1 aromatic carbocycles. The van der Waals surface area contributed by atoms with E-state index >= 15 is 0 Å². The number of benzene rings is 1. The number of ether oxygens (including phenoxy) is 3. The van der Waals surface area contributed by atoms with Gasteiger partial charge in [0.15, 0.2) is 5.76 Å². The molecule has 0 aliphatic heterocycles. The number of esters is 2. The predicted octanol–water partition coefficient (Wildman–Crippen LogP) is 5.84. The normalized spacial score (nSPS) is 10.7.